The minimum atomic E-state index is -0.691. The lowest BCUT2D eigenvalue weighted by molar-refractivity contribution is 0.0713. The Morgan fingerprint density at radius 3 is 2.33 bits per heavy atom. The maximum Gasteiger partial charge on any atom is 0.251 e. The summed E-state index contributed by atoms with van der Waals surface area (Å²) in [5.74, 6) is -0.00735. The monoisotopic (exact) mass is 327 g/mol. The smallest absolute Gasteiger partial charge is 0.251 e. The van der Waals surface area contributed by atoms with Crippen LogP contribution in [0.3, 0.4) is 0 Å². The van der Waals surface area contributed by atoms with Gasteiger partial charge < -0.3 is 15.5 Å². The molecule has 1 atom stereocenters. The van der Waals surface area contributed by atoms with Crippen LogP contribution >= 0.6 is 0 Å². The molecule has 4 heteroatoms. The highest BCUT2D eigenvalue weighted by Gasteiger charge is 2.15. The first-order valence-corrected chi connectivity index (χ1v) is 8.16. The number of rotatable bonds is 6. The van der Waals surface area contributed by atoms with Crippen molar-refractivity contribution in [3.8, 4) is 5.75 Å². The second kappa shape index (κ2) is 7.49. The van der Waals surface area contributed by atoms with Crippen LogP contribution < -0.4 is 5.32 Å². The summed E-state index contributed by atoms with van der Waals surface area (Å²) >= 11 is 0. The molecule has 0 bridgehead atoms. The molecule has 0 saturated heterocycles. The largest absolute Gasteiger partial charge is 0.508 e. The Morgan fingerprint density at radius 2 is 1.75 bits per heavy atom. The van der Waals surface area contributed by atoms with Gasteiger partial charge in [0.15, 0.2) is 0 Å². The predicted octanol–water partition coefficient (Wildman–Crippen LogP) is 3.59. The SMILES string of the molecule is C[C@@H](NC(=O)c1ccc(CCC(C)(C)O)cc1)c1ccccc1O. The van der Waals surface area contributed by atoms with E-state index in [1.807, 2.05) is 25.1 Å². The van der Waals surface area contributed by atoms with E-state index in [2.05, 4.69) is 5.32 Å². The first kappa shape index (κ1) is 18.0. The number of hydrogen-bond donors (Lipinski definition) is 3. The molecule has 2 aromatic rings. The molecule has 0 spiro atoms. The fraction of sp³-hybridized carbons (Fsp3) is 0.350. The summed E-state index contributed by atoms with van der Waals surface area (Å²) in [5, 5.41) is 22.5. The Hall–Kier alpha value is -2.33. The van der Waals surface area contributed by atoms with Crippen LogP contribution in [0.1, 0.15) is 54.7 Å². The van der Waals surface area contributed by atoms with Gasteiger partial charge in [-0.05, 0) is 57.4 Å². The topological polar surface area (TPSA) is 69.6 Å². The van der Waals surface area contributed by atoms with Crippen molar-refractivity contribution in [3.05, 3.63) is 65.2 Å². The van der Waals surface area contributed by atoms with Crippen molar-refractivity contribution in [2.24, 2.45) is 0 Å². The normalized spacial score (nSPS) is 12.7. The standard InChI is InChI=1S/C20H25NO3/c1-14(17-6-4-5-7-18(17)22)21-19(23)16-10-8-15(9-11-16)12-13-20(2,3)24/h4-11,14,22,24H,12-13H2,1-3H3,(H,21,23)/t14-/m1/s1. The number of aromatic hydroxyl groups is 1. The Bertz CT molecular complexity index is 687. The molecule has 3 N–H and O–H groups in total. The predicted molar refractivity (Wildman–Crippen MR) is 95.0 cm³/mol. The van der Waals surface area contributed by atoms with Crippen molar-refractivity contribution in [1.29, 1.82) is 0 Å². The van der Waals surface area contributed by atoms with Gasteiger partial charge in [0.1, 0.15) is 5.75 Å². The van der Waals surface area contributed by atoms with Gasteiger partial charge >= 0.3 is 0 Å². The minimum Gasteiger partial charge on any atom is -0.508 e. The third kappa shape index (κ3) is 5.10. The van der Waals surface area contributed by atoms with Crippen LogP contribution in [-0.2, 0) is 6.42 Å². The second-order valence-corrected chi connectivity index (χ2v) is 6.76. The van der Waals surface area contributed by atoms with Gasteiger partial charge in [-0.3, -0.25) is 4.79 Å². The molecule has 0 fully saturated rings. The number of hydrogen-bond acceptors (Lipinski definition) is 3. The molecule has 4 nitrogen and oxygen atoms in total. The second-order valence-electron chi connectivity index (χ2n) is 6.76. The van der Waals surface area contributed by atoms with Gasteiger partial charge in [0, 0.05) is 11.1 Å². The molecule has 0 saturated carbocycles. The van der Waals surface area contributed by atoms with Crippen molar-refractivity contribution in [2.75, 3.05) is 0 Å². The maximum atomic E-state index is 12.3. The molecule has 0 radical (unpaired) electrons. The highest BCUT2D eigenvalue weighted by molar-refractivity contribution is 5.94. The van der Waals surface area contributed by atoms with Crippen molar-refractivity contribution in [2.45, 2.75) is 45.3 Å². The summed E-state index contributed by atoms with van der Waals surface area (Å²) < 4.78 is 0. The van der Waals surface area contributed by atoms with E-state index in [1.54, 1.807) is 44.2 Å². The summed E-state index contributed by atoms with van der Waals surface area (Å²) in [4.78, 5) is 12.3. The molecule has 1 amide bonds. The number of phenols is 1. The summed E-state index contributed by atoms with van der Waals surface area (Å²) in [7, 11) is 0. The maximum absolute atomic E-state index is 12.3. The molecule has 0 unspecified atom stereocenters. The fourth-order valence-corrected chi connectivity index (χ4v) is 2.48. The van der Waals surface area contributed by atoms with E-state index in [0.717, 1.165) is 12.0 Å². The molecular weight excluding hydrogens is 302 g/mol. The third-order valence-electron chi connectivity index (χ3n) is 3.99. The molecule has 2 rings (SSSR count). The Kier molecular flexibility index (Phi) is 5.62. The quantitative estimate of drug-likeness (QED) is 0.759. The molecule has 24 heavy (non-hydrogen) atoms. The van der Waals surface area contributed by atoms with E-state index in [0.29, 0.717) is 17.5 Å². The highest BCUT2D eigenvalue weighted by atomic mass is 16.3. The number of aliphatic hydroxyl groups is 1. The number of carbonyl (C=O) groups is 1. The molecule has 0 aromatic heterocycles. The Labute approximate surface area is 143 Å². The number of nitrogens with one attached hydrogen (secondary N) is 1. The zero-order valence-corrected chi connectivity index (χ0v) is 14.4. The number of para-hydroxylation sites is 1. The number of benzene rings is 2. The van der Waals surface area contributed by atoms with Gasteiger partial charge in [0.2, 0.25) is 0 Å². The molecular formula is C20H25NO3. The molecule has 0 heterocycles. The van der Waals surface area contributed by atoms with Gasteiger partial charge in [-0.15, -0.1) is 0 Å². The summed E-state index contributed by atoms with van der Waals surface area (Å²) in [6.07, 6.45) is 1.43. The van der Waals surface area contributed by atoms with Gasteiger partial charge in [0.05, 0.1) is 11.6 Å². The van der Waals surface area contributed by atoms with Crippen molar-refractivity contribution in [3.63, 3.8) is 0 Å². The van der Waals surface area contributed by atoms with E-state index in [1.165, 1.54) is 0 Å². The minimum absolute atomic E-state index is 0.173. The summed E-state index contributed by atoms with van der Waals surface area (Å²) in [5.41, 5.74) is 1.66. The van der Waals surface area contributed by atoms with Gasteiger partial charge in [-0.25, -0.2) is 0 Å². The van der Waals surface area contributed by atoms with E-state index in [4.69, 9.17) is 0 Å². The molecule has 2 aromatic carbocycles. The van der Waals surface area contributed by atoms with Gasteiger partial charge in [-0.2, -0.15) is 0 Å². The highest BCUT2D eigenvalue weighted by Crippen LogP contribution is 2.23. The van der Waals surface area contributed by atoms with Crippen LogP contribution in [0.25, 0.3) is 0 Å². The third-order valence-corrected chi connectivity index (χ3v) is 3.99. The van der Waals surface area contributed by atoms with Crippen LogP contribution in [0, 0.1) is 0 Å². The van der Waals surface area contributed by atoms with E-state index in [-0.39, 0.29) is 17.7 Å². The molecule has 0 aliphatic carbocycles. The number of phenolic OH excluding ortho intramolecular Hbond substituents is 1. The van der Waals surface area contributed by atoms with E-state index < -0.39 is 5.60 Å². The Balaban J connectivity index is 1.99. The van der Waals surface area contributed by atoms with Crippen LogP contribution in [0.4, 0.5) is 0 Å². The zero-order chi connectivity index (χ0) is 17.7. The van der Waals surface area contributed by atoms with Gasteiger partial charge in [0.25, 0.3) is 5.91 Å². The van der Waals surface area contributed by atoms with Crippen LogP contribution in [0.2, 0.25) is 0 Å². The average molecular weight is 327 g/mol. The lowest BCUT2D eigenvalue weighted by Crippen LogP contribution is -2.26. The van der Waals surface area contributed by atoms with Crippen LogP contribution in [0.15, 0.2) is 48.5 Å². The van der Waals surface area contributed by atoms with E-state index in [9.17, 15) is 15.0 Å². The number of aryl methyl sites for hydroxylation is 1. The first-order valence-electron chi connectivity index (χ1n) is 8.16. The van der Waals surface area contributed by atoms with Crippen molar-refractivity contribution >= 4 is 5.91 Å². The molecule has 0 aliphatic rings. The average Bonchev–Trinajstić information content (AvgIpc) is 2.53. The van der Waals surface area contributed by atoms with E-state index >= 15 is 0 Å². The molecule has 128 valence electrons. The fourth-order valence-electron chi connectivity index (χ4n) is 2.48. The lowest BCUT2D eigenvalue weighted by atomic mass is 9.98. The summed E-state index contributed by atoms with van der Waals surface area (Å²) in [6.45, 7) is 5.41. The van der Waals surface area contributed by atoms with Crippen LogP contribution in [0.5, 0.6) is 5.75 Å². The van der Waals surface area contributed by atoms with Gasteiger partial charge in [-0.1, -0.05) is 30.3 Å². The number of amides is 1. The first-order chi connectivity index (χ1) is 11.3. The summed E-state index contributed by atoms with van der Waals surface area (Å²) in [6, 6.07) is 14.1. The van der Waals surface area contributed by atoms with Crippen molar-refractivity contribution in [1.82, 2.24) is 5.32 Å². The van der Waals surface area contributed by atoms with Crippen LogP contribution in [-0.4, -0.2) is 21.7 Å². The Morgan fingerprint density at radius 1 is 1.12 bits per heavy atom. The molecule has 0 aliphatic heterocycles. The van der Waals surface area contributed by atoms with Crippen molar-refractivity contribution < 1.29 is 15.0 Å². The lowest BCUT2D eigenvalue weighted by Gasteiger charge is -2.17. The zero-order valence-electron chi connectivity index (χ0n) is 14.4. The number of carbonyl (C=O) groups excluding carboxylic acids is 1.